The van der Waals surface area contributed by atoms with Crippen LogP contribution >= 0.6 is 0 Å². The van der Waals surface area contributed by atoms with Gasteiger partial charge in [0.15, 0.2) is 5.65 Å². The van der Waals surface area contributed by atoms with Gasteiger partial charge >= 0.3 is 0 Å². The Morgan fingerprint density at radius 3 is 2.92 bits per heavy atom. The van der Waals surface area contributed by atoms with E-state index in [1.54, 1.807) is 12.4 Å². The van der Waals surface area contributed by atoms with Gasteiger partial charge in [0.25, 0.3) is 0 Å². The summed E-state index contributed by atoms with van der Waals surface area (Å²) in [6.07, 6.45) is 4.14. The number of carbonyl (C=O) groups excluding carboxylic acids is 1. The summed E-state index contributed by atoms with van der Waals surface area (Å²) >= 11 is 0. The van der Waals surface area contributed by atoms with Gasteiger partial charge in [-0.05, 0) is 37.1 Å². The van der Waals surface area contributed by atoms with E-state index in [1.165, 1.54) is 5.56 Å². The molecule has 120 valence electrons. The van der Waals surface area contributed by atoms with Crippen molar-refractivity contribution in [3.8, 4) is 0 Å². The maximum Gasteiger partial charge on any atom is 0.249 e. The fourth-order valence-electron chi connectivity index (χ4n) is 3.02. The highest BCUT2D eigenvalue weighted by atomic mass is 16.2. The number of nitrogens with one attached hydrogen (secondary N) is 1. The van der Waals surface area contributed by atoms with Gasteiger partial charge in [-0.2, -0.15) is 0 Å². The van der Waals surface area contributed by atoms with Crippen LogP contribution in [0.5, 0.6) is 0 Å². The van der Waals surface area contributed by atoms with E-state index in [4.69, 9.17) is 0 Å². The highest BCUT2D eigenvalue weighted by Crippen LogP contribution is 2.28. The molecule has 6 heteroatoms. The number of amides is 1. The summed E-state index contributed by atoms with van der Waals surface area (Å²) in [6.45, 7) is 2.58. The number of nitrogens with zero attached hydrogens (tertiary/aromatic N) is 4. The van der Waals surface area contributed by atoms with Crippen LogP contribution in [0.1, 0.15) is 12.5 Å². The zero-order valence-corrected chi connectivity index (χ0v) is 13.3. The predicted octanol–water partition coefficient (Wildman–Crippen LogP) is 2.41. The fraction of sp³-hybridized carbons (Fsp3) is 0.222. The van der Waals surface area contributed by atoms with Crippen LogP contribution in [-0.4, -0.2) is 33.4 Å². The summed E-state index contributed by atoms with van der Waals surface area (Å²) < 4.78 is 0. The largest absolute Gasteiger partial charge is 0.359 e. The van der Waals surface area contributed by atoms with Crippen LogP contribution in [0.25, 0.3) is 11.2 Å². The van der Waals surface area contributed by atoms with Crippen LogP contribution in [0.3, 0.4) is 0 Å². The van der Waals surface area contributed by atoms with Crippen LogP contribution in [-0.2, 0) is 11.2 Å². The molecule has 1 atom stereocenters. The lowest BCUT2D eigenvalue weighted by Crippen LogP contribution is -2.40. The van der Waals surface area contributed by atoms with Crippen LogP contribution < -0.4 is 10.2 Å². The molecule has 3 heterocycles. The first kappa shape index (κ1) is 14.6. The smallest absolute Gasteiger partial charge is 0.249 e. The van der Waals surface area contributed by atoms with Crippen LogP contribution in [0.2, 0.25) is 0 Å². The van der Waals surface area contributed by atoms with Gasteiger partial charge in [0.05, 0.1) is 0 Å². The van der Waals surface area contributed by atoms with Crippen molar-refractivity contribution in [2.24, 2.45) is 0 Å². The second-order valence-corrected chi connectivity index (χ2v) is 5.83. The van der Waals surface area contributed by atoms with E-state index in [-0.39, 0.29) is 11.9 Å². The number of rotatable bonds is 3. The Balaban J connectivity index is 1.53. The Labute approximate surface area is 139 Å². The van der Waals surface area contributed by atoms with E-state index < -0.39 is 0 Å². The fourth-order valence-corrected chi connectivity index (χ4v) is 3.02. The van der Waals surface area contributed by atoms with E-state index in [9.17, 15) is 4.79 Å². The molecule has 1 aliphatic heterocycles. The van der Waals surface area contributed by atoms with Gasteiger partial charge < -0.3 is 10.2 Å². The number of carbonyl (C=O) groups is 1. The molecule has 1 aliphatic rings. The number of pyridine rings is 1. The van der Waals surface area contributed by atoms with Crippen LogP contribution in [0.4, 0.5) is 11.5 Å². The van der Waals surface area contributed by atoms with Gasteiger partial charge in [0, 0.05) is 24.6 Å². The molecule has 1 aromatic carbocycles. The molecule has 2 aromatic heterocycles. The molecule has 24 heavy (non-hydrogen) atoms. The summed E-state index contributed by atoms with van der Waals surface area (Å²) in [6, 6.07) is 11.3. The minimum absolute atomic E-state index is 0.0426. The molecule has 4 rings (SSSR count). The third-order valence-electron chi connectivity index (χ3n) is 4.22. The van der Waals surface area contributed by atoms with Crippen LogP contribution in [0, 0.1) is 0 Å². The zero-order chi connectivity index (χ0) is 16.5. The molecule has 0 radical (unpaired) electrons. The molecule has 0 saturated carbocycles. The van der Waals surface area contributed by atoms with Crippen molar-refractivity contribution >= 4 is 28.6 Å². The highest BCUT2D eigenvalue weighted by molar-refractivity contribution is 6.00. The molecular weight excluding hydrogens is 302 g/mol. The average Bonchev–Trinajstić information content (AvgIpc) is 3.05. The van der Waals surface area contributed by atoms with Gasteiger partial charge in [0.1, 0.15) is 17.4 Å². The van der Waals surface area contributed by atoms with Gasteiger partial charge in [-0.15, -0.1) is 0 Å². The molecule has 0 spiro atoms. The molecule has 1 amide bonds. The molecule has 3 aromatic rings. The first-order valence-electron chi connectivity index (χ1n) is 7.96. The number of anilines is 2. The van der Waals surface area contributed by atoms with E-state index >= 15 is 0 Å². The maximum atomic E-state index is 12.8. The quantitative estimate of drug-likeness (QED) is 0.803. The molecule has 0 fully saturated rings. The average molecular weight is 319 g/mol. The number of benzene rings is 1. The SMILES string of the molecule is CC(Nc1ccc2nccnc2n1)C(=O)N1CCc2ccccc21. The Hall–Kier alpha value is -3.02. The highest BCUT2D eigenvalue weighted by Gasteiger charge is 2.27. The second kappa shape index (κ2) is 5.88. The standard InChI is InChI=1S/C18H17N5O/c1-12(18(24)23-11-8-13-4-2-3-5-15(13)23)21-16-7-6-14-17(22-16)20-10-9-19-14/h2-7,9-10,12H,8,11H2,1H3,(H,20,21,22). The lowest BCUT2D eigenvalue weighted by molar-refractivity contribution is -0.118. The Kier molecular flexibility index (Phi) is 3.57. The number of hydrogen-bond donors (Lipinski definition) is 1. The summed E-state index contributed by atoms with van der Waals surface area (Å²) in [5, 5.41) is 3.17. The maximum absolute atomic E-state index is 12.8. The van der Waals surface area contributed by atoms with Gasteiger partial charge in [-0.3, -0.25) is 9.78 Å². The van der Waals surface area contributed by atoms with Crippen molar-refractivity contribution in [1.82, 2.24) is 15.0 Å². The van der Waals surface area contributed by atoms with Crippen molar-refractivity contribution in [2.45, 2.75) is 19.4 Å². The first-order chi connectivity index (χ1) is 11.7. The monoisotopic (exact) mass is 319 g/mol. The predicted molar refractivity (Wildman–Crippen MR) is 92.9 cm³/mol. The van der Waals surface area contributed by atoms with Crippen molar-refractivity contribution in [2.75, 3.05) is 16.8 Å². The van der Waals surface area contributed by atoms with Crippen molar-refractivity contribution in [3.63, 3.8) is 0 Å². The Morgan fingerprint density at radius 2 is 2.00 bits per heavy atom. The zero-order valence-electron chi connectivity index (χ0n) is 13.3. The summed E-state index contributed by atoms with van der Waals surface area (Å²) in [4.78, 5) is 27.4. The minimum atomic E-state index is -0.377. The number of para-hydroxylation sites is 1. The third kappa shape index (κ3) is 2.56. The van der Waals surface area contributed by atoms with Gasteiger partial charge in [-0.25, -0.2) is 9.97 Å². The van der Waals surface area contributed by atoms with E-state index in [0.29, 0.717) is 11.5 Å². The molecule has 1 N–H and O–H groups in total. The third-order valence-corrected chi connectivity index (χ3v) is 4.22. The molecule has 0 bridgehead atoms. The molecule has 0 saturated heterocycles. The van der Waals surface area contributed by atoms with E-state index in [1.807, 2.05) is 42.2 Å². The Bertz CT molecular complexity index is 911. The summed E-state index contributed by atoms with van der Waals surface area (Å²) in [7, 11) is 0. The van der Waals surface area contributed by atoms with Crippen molar-refractivity contribution < 1.29 is 4.79 Å². The van der Waals surface area contributed by atoms with E-state index in [0.717, 1.165) is 24.2 Å². The summed E-state index contributed by atoms with van der Waals surface area (Å²) in [5.41, 5.74) is 3.52. The van der Waals surface area contributed by atoms with Crippen LogP contribution in [0.15, 0.2) is 48.8 Å². The normalized spacial score (nSPS) is 14.5. The Morgan fingerprint density at radius 1 is 1.17 bits per heavy atom. The molecule has 1 unspecified atom stereocenters. The van der Waals surface area contributed by atoms with Gasteiger partial charge in [0.2, 0.25) is 5.91 Å². The lowest BCUT2D eigenvalue weighted by Gasteiger charge is -2.22. The van der Waals surface area contributed by atoms with E-state index in [2.05, 4.69) is 26.3 Å². The molecular formula is C18H17N5O. The lowest BCUT2D eigenvalue weighted by atomic mass is 10.2. The topological polar surface area (TPSA) is 71.0 Å². The van der Waals surface area contributed by atoms with Gasteiger partial charge in [-0.1, -0.05) is 18.2 Å². The molecule has 0 aliphatic carbocycles. The second-order valence-electron chi connectivity index (χ2n) is 5.83. The minimum Gasteiger partial charge on any atom is -0.359 e. The number of hydrogen-bond acceptors (Lipinski definition) is 5. The van der Waals surface area contributed by atoms with Crippen molar-refractivity contribution in [1.29, 1.82) is 0 Å². The number of aromatic nitrogens is 3. The summed E-state index contributed by atoms with van der Waals surface area (Å²) in [5.74, 6) is 0.664. The molecule has 6 nitrogen and oxygen atoms in total. The number of fused-ring (bicyclic) bond motifs is 2. The first-order valence-corrected chi connectivity index (χ1v) is 7.96. The van der Waals surface area contributed by atoms with Crippen molar-refractivity contribution in [3.05, 3.63) is 54.4 Å².